The minimum atomic E-state index is -1.04. The molecule has 0 aliphatic carbocycles. The standard InChI is InChI=1S/C13H14O4S/c1-16-4-5-18-8-9-2-3-11-10(6-9)7-12(17-11)13(14)15/h2-3,6-7H,4-5,8H2,1H3,(H,14,15). The Morgan fingerprint density at radius 3 is 3.00 bits per heavy atom. The molecule has 0 amide bonds. The second-order valence-electron chi connectivity index (χ2n) is 3.83. The van der Waals surface area contributed by atoms with E-state index in [2.05, 4.69) is 0 Å². The van der Waals surface area contributed by atoms with Gasteiger partial charge in [0.15, 0.2) is 0 Å². The van der Waals surface area contributed by atoms with Crippen LogP contribution in [0.15, 0.2) is 28.7 Å². The van der Waals surface area contributed by atoms with E-state index in [0.717, 1.165) is 29.1 Å². The highest BCUT2D eigenvalue weighted by molar-refractivity contribution is 7.98. The van der Waals surface area contributed by atoms with Gasteiger partial charge in [0, 0.05) is 24.0 Å². The zero-order valence-electron chi connectivity index (χ0n) is 10.0. The number of rotatable bonds is 6. The molecule has 18 heavy (non-hydrogen) atoms. The number of carbonyl (C=O) groups is 1. The van der Waals surface area contributed by atoms with Crippen LogP contribution in [-0.4, -0.2) is 30.5 Å². The van der Waals surface area contributed by atoms with Gasteiger partial charge in [-0.3, -0.25) is 0 Å². The normalized spacial score (nSPS) is 10.9. The van der Waals surface area contributed by atoms with E-state index >= 15 is 0 Å². The second-order valence-corrected chi connectivity index (χ2v) is 4.94. The average molecular weight is 266 g/mol. The van der Waals surface area contributed by atoms with E-state index < -0.39 is 5.97 Å². The van der Waals surface area contributed by atoms with Crippen molar-refractivity contribution in [3.05, 3.63) is 35.6 Å². The van der Waals surface area contributed by atoms with E-state index in [4.69, 9.17) is 14.3 Å². The highest BCUT2D eigenvalue weighted by Gasteiger charge is 2.10. The van der Waals surface area contributed by atoms with Crippen LogP contribution in [0.4, 0.5) is 0 Å². The van der Waals surface area contributed by atoms with E-state index in [-0.39, 0.29) is 5.76 Å². The second kappa shape index (κ2) is 5.93. The van der Waals surface area contributed by atoms with Crippen LogP contribution >= 0.6 is 11.8 Å². The van der Waals surface area contributed by atoms with Crippen LogP contribution in [0.3, 0.4) is 0 Å². The number of fused-ring (bicyclic) bond motifs is 1. The summed E-state index contributed by atoms with van der Waals surface area (Å²) in [5.74, 6) is 0.768. The number of furan rings is 1. The summed E-state index contributed by atoms with van der Waals surface area (Å²) >= 11 is 1.78. The molecule has 5 heteroatoms. The van der Waals surface area contributed by atoms with E-state index in [1.807, 2.05) is 18.2 Å². The molecule has 1 aromatic carbocycles. The van der Waals surface area contributed by atoms with E-state index in [9.17, 15) is 4.79 Å². The van der Waals surface area contributed by atoms with Gasteiger partial charge < -0.3 is 14.3 Å². The highest BCUT2D eigenvalue weighted by atomic mass is 32.2. The molecule has 1 aromatic heterocycles. The number of methoxy groups -OCH3 is 1. The van der Waals surface area contributed by atoms with Crippen LogP contribution < -0.4 is 0 Å². The van der Waals surface area contributed by atoms with Gasteiger partial charge in [0.1, 0.15) is 5.58 Å². The number of carboxylic acids is 1. The van der Waals surface area contributed by atoms with Crippen molar-refractivity contribution in [1.29, 1.82) is 0 Å². The highest BCUT2D eigenvalue weighted by Crippen LogP contribution is 2.23. The molecule has 0 fully saturated rings. The Hall–Kier alpha value is -1.46. The fourth-order valence-electron chi connectivity index (χ4n) is 1.62. The summed E-state index contributed by atoms with van der Waals surface area (Å²) < 4.78 is 10.2. The summed E-state index contributed by atoms with van der Waals surface area (Å²) in [7, 11) is 1.69. The maximum Gasteiger partial charge on any atom is 0.371 e. The zero-order chi connectivity index (χ0) is 13.0. The smallest absolute Gasteiger partial charge is 0.371 e. The average Bonchev–Trinajstić information content (AvgIpc) is 2.78. The van der Waals surface area contributed by atoms with Crippen molar-refractivity contribution in [2.24, 2.45) is 0 Å². The largest absolute Gasteiger partial charge is 0.475 e. The molecule has 1 N–H and O–H groups in total. The van der Waals surface area contributed by atoms with Crippen molar-refractivity contribution in [3.63, 3.8) is 0 Å². The first kappa shape index (κ1) is 13.0. The molecular weight excluding hydrogens is 252 g/mol. The topological polar surface area (TPSA) is 59.7 Å². The molecule has 0 saturated heterocycles. The SMILES string of the molecule is COCCSCc1ccc2oc(C(=O)O)cc2c1. The van der Waals surface area contributed by atoms with Gasteiger partial charge in [-0.1, -0.05) is 6.07 Å². The molecule has 2 aromatic rings. The monoisotopic (exact) mass is 266 g/mol. The zero-order valence-corrected chi connectivity index (χ0v) is 10.8. The summed E-state index contributed by atoms with van der Waals surface area (Å²) in [4.78, 5) is 10.8. The van der Waals surface area contributed by atoms with Gasteiger partial charge in [-0.15, -0.1) is 0 Å². The maximum atomic E-state index is 10.8. The van der Waals surface area contributed by atoms with Crippen molar-refractivity contribution in [2.75, 3.05) is 19.5 Å². The van der Waals surface area contributed by atoms with Gasteiger partial charge in [0.05, 0.1) is 6.61 Å². The molecule has 0 saturated carbocycles. The minimum Gasteiger partial charge on any atom is -0.475 e. The number of carboxylic acid groups (broad SMARTS) is 1. The molecular formula is C13H14O4S. The lowest BCUT2D eigenvalue weighted by molar-refractivity contribution is 0.0665. The number of ether oxygens (including phenoxy) is 1. The molecule has 0 unspecified atom stereocenters. The number of benzene rings is 1. The third kappa shape index (κ3) is 3.05. The fourth-order valence-corrected chi connectivity index (χ4v) is 2.46. The lowest BCUT2D eigenvalue weighted by Crippen LogP contribution is -1.92. The maximum absolute atomic E-state index is 10.8. The van der Waals surface area contributed by atoms with Crippen LogP contribution in [0.25, 0.3) is 11.0 Å². The fraction of sp³-hybridized carbons (Fsp3) is 0.308. The Morgan fingerprint density at radius 1 is 1.44 bits per heavy atom. The van der Waals surface area contributed by atoms with Crippen molar-refractivity contribution >= 4 is 28.7 Å². The van der Waals surface area contributed by atoms with Crippen molar-refractivity contribution in [2.45, 2.75) is 5.75 Å². The number of thioether (sulfide) groups is 1. The van der Waals surface area contributed by atoms with Gasteiger partial charge in [0.2, 0.25) is 5.76 Å². The third-order valence-corrected chi connectivity index (χ3v) is 3.48. The van der Waals surface area contributed by atoms with E-state index in [1.54, 1.807) is 24.9 Å². The number of hydrogen-bond donors (Lipinski definition) is 1. The van der Waals surface area contributed by atoms with Gasteiger partial charge in [-0.05, 0) is 23.8 Å². The van der Waals surface area contributed by atoms with Crippen LogP contribution in [-0.2, 0) is 10.5 Å². The van der Waals surface area contributed by atoms with Crippen LogP contribution in [0, 0.1) is 0 Å². The van der Waals surface area contributed by atoms with Crippen molar-refractivity contribution in [3.8, 4) is 0 Å². The Kier molecular flexibility index (Phi) is 4.28. The first-order valence-electron chi connectivity index (χ1n) is 5.53. The Morgan fingerprint density at radius 2 is 2.28 bits per heavy atom. The third-order valence-electron chi connectivity index (χ3n) is 2.49. The Bertz CT molecular complexity index is 547. The molecule has 0 spiro atoms. The molecule has 0 bridgehead atoms. The van der Waals surface area contributed by atoms with E-state index in [0.29, 0.717) is 5.58 Å². The van der Waals surface area contributed by atoms with Crippen molar-refractivity contribution < 1.29 is 19.1 Å². The summed E-state index contributed by atoms with van der Waals surface area (Å²) in [6, 6.07) is 7.29. The Balaban J connectivity index is 2.09. The summed E-state index contributed by atoms with van der Waals surface area (Å²) in [5.41, 5.74) is 1.76. The quantitative estimate of drug-likeness (QED) is 0.814. The molecule has 1 heterocycles. The van der Waals surface area contributed by atoms with E-state index in [1.165, 1.54) is 0 Å². The summed E-state index contributed by atoms with van der Waals surface area (Å²) in [5, 5.41) is 9.67. The molecule has 0 aliphatic heterocycles. The van der Waals surface area contributed by atoms with Gasteiger partial charge in [0.25, 0.3) is 0 Å². The first-order chi connectivity index (χ1) is 8.70. The molecule has 96 valence electrons. The molecule has 0 atom stereocenters. The summed E-state index contributed by atoms with van der Waals surface area (Å²) in [6.07, 6.45) is 0. The predicted octanol–water partition coefficient (Wildman–Crippen LogP) is 3.01. The minimum absolute atomic E-state index is 0.0193. The van der Waals surface area contributed by atoms with Crippen molar-refractivity contribution in [1.82, 2.24) is 0 Å². The number of aromatic carboxylic acids is 1. The first-order valence-corrected chi connectivity index (χ1v) is 6.68. The molecule has 0 radical (unpaired) electrons. The molecule has 2 rings (SSSR count). The molecule has 4 nitrogen and oxygen atoms in total. The lowest BCUT2D eigenvalue weighted by atomic mass is 10.2. The number of hydrogen-bond acceptors (Lipinski definition) is 4. The van der Waals surface area contributed by atoms with Gasteiger partial charge >= 0.3 is 5.97 Å². The summed E-state index contributed by atoms with van der Waals surface area (Å²) in [6.45, 7) is 0.738. The Labute approximate surface area is 109 Å². The van der Waals surface area contributed by atoms with Crippen LogP contribution in [0.2, 0.25) is 0 Å². The van der Waals surface area contributed by atoms with Crippen LogP contribution in [0.5, 0.6) is 0 Å². The lowest BCUT2D eigenvalue weighted by Gasteiger charge is -2.01. The predicted molar refractivity (Wildman–Crippen MR) is 71.2 cm³/mol. The van der Waals surface area contributed by atoms with Gasteiger partial charge in [-0.2, -0.15) is 11.8 Å². The van der Waals surface area contributed by atoms with Gasteiger partial charge in [-0.25, -0.2) is 4.79 Å². The van der Waals surface area contributed by atoms with Crippen LogP contribution in [0.1, 0.15) is 16.1 Å². The molecule has 0 aliphatic rings.